The first-order valence-electron chi connectivity index (χ1n) is 23.5. The standard InChI is InChI=1S/C44H69N9O10/c1-5-27(4)36(47-37(55)28(24-26(2)3)46-38(56)29-12-6-19-49(29)39(57)30-13-7-18-48(30)35(54)25-45)43(61)52-22-10-16-33(52)41(59)50-20-8-14-31(50)40(58)51-21-9-15-32(51)42(60)53-23-11-17-34(53)44(62)63/h26-34,36H,5-25,45H2,1-4H3,(H,46,56)(H,47,55)(H,62,63)/p+1/t27-,28-,29-,30-,31-,32-,33-,34-,36-/m0/s1. The third kappa shape index (κ3) is 10.1. The summed E-state index contributed by atoms with van der Waals surface area (Å²) in [6.07, 6.45) is 6.85. The molecule has 6 saturated heterocycles. The summed E-state index contributed by atoms with van der Waals surface area (Å²) >= 11 is 0. The second-order valence-corrected chi connectivity index (χ2v) is 18.8. The average molecular weight is 885 g/mol. The van der Waals surface area contributed by atoms with Crippen LogP contribution in [0.5, 0.6) is 0 Å². The summed E-state index contributed by atoms with van der Waals surface area (Å²) in [7, 11) is 0. The number of amides is 8. The quantitative estimate of drug-likeness (QED) is 0.162. The molecule has 63 heavy (non-hydrogen) atoms. The van der Waals surface area contributed by atoms with Gasteiger partial charge < -0.3 is 50.9 Å². The molecule has 6 aliphatic heterocycles. The van der Waals surface area contributed by atoms with E-state index in [0.717, 1.165) is 0 Å². The maximum Gasteiger partial charge on any atom is 0.326 e. The Kier molecular flexibility index (Phi) is 15.7. The van der Waals surface area contributed by atoms with Gasteiger partial charge in [-0.25, -0.2) is 4.79 Å². The number of hydrogen-bond acceptors (Lipinski definition) is 9. The van der Waals surface area contributed by atoms with Crippen molar-refractivity contribution in [1.82, 2.24) is 40.0 Å². The van der Waals surface area contributed by atoms with Crippen LogP contribution in [-0.4, -0.2) is 182 Å². The zero-order valence-electron chi connectivity index (χ0n) is 37.6. The van der Waals surface area contributed by atoms with E-state index in [0.29, 0.717) is 116 Å². The minimum atomic E-state index is -1.06. The van der Waals surface area contributed by atoms with E-state index in [2.05, 4.69) is 16.4 Å². The van der Waals surface area contributed by atoms with Crippen LogP contribution in [0.25, 0.3) is 0 Å². The van der Waals surface area contributed by atoms with E-state index in [1.807, 2.05) is 27.7 Å². The topological polar surface area (TPSA) is 245 Å². The van der Waals surface area contributed by atoms with Crippen LogP contribution in [0.1, 0.15) is 118 Å². The lowest BCUT2D eigenvalue weighted by Gasteiger charge is -2.36. The van der Waals surface area contributed by atoms with Crippen molar-refractivity contribution in [2.24, 2.45) is 11.8 Å². The molecule has 6 aliphatic rings. The average Bonchev–Trinajstić information content (AvgIpc) is 4.12. The molecule has 9 atom stereocenters. The van der Waals surface area contributed by atoms with Crippen LogP contribution in [-0.2, 0) is 43.2 Å². The summed E-state index contributed by atoms with van der Waals surface area (Å²) in [5.74, 6) is -4.38. The van der Waals surface area contributed by atoms with Crippen LogP contribution in [0.4, 0.5) is 0 Å². The highest BCUT2D eigenvalue weighted by atomic mass is 16.4. The number of nitrogens with zero attached hydrogens (tertiary/aromatic N) is 6. The lowest BCUT2D eigenvalue weighted by atomic mass is 9.95. The first-order valence-corrected chi connectivity index (χ1v) is 23.5. The van der Waals surface area contributed by atoms with Crippen LogP contribution in [0.15, 0.2) is 0 Å². The largest absolute Gasteiger partial charge is 0.480 e. The molecule has 0 spiro atoms. The van der Waals surface area contributed by atoms with E-state index in [-0.39, 0.29) is 60.9 Å². The third-order valence-electron chi connectivity index (χ3n) is 14.3. The minimum absolute atomic E-state index is 0.0200. The molecule has 6 N–H and O–H groups in total. The van der Waals surface area contributed by atoms with Gasteiger partial charge in [-0.1, -0.05) is 34.1 Å². The maximum atomic E-state index is 14.6. The Morgan fingerprint density at radius 1 is 0.556 bits per heavy atom. The van der Waals surface area contributed by atoms with Crippen LogP contribution < -0.4 is 16.4 Å². The number of rotatable bonds is 15. The molecule has 0 aromatic rings. The number of carbonyl (C=O) groups excluding carboxylic acids is 8. The van der Waals surface area contributed by atoms with Crippen molar-refractivity contribution in [1.29, 1.82) is 0 Å². The van der Waals surface area contributed by atoms with Gasteiger partial charge in [0.25, 0.3) is 5.91 Å². The minimum Gasteiger partial charge on any atom is -0.480 e. The van der Waals surface area contributed by atoms with Crippen molar-refractivity contribution < 1.29 is 54.0 Å². The van der Waals surface area contributed by atoms with E-state index in [1.165, 1.54) is 19.6 Å². The second-order valence-electron chi connectivity index (χ2n) is 18.8. The van der Waals surface area contributed by atoms with Gasteiger partial charge in [0.1, 0.15) is 48.3 Å². The Morgan fingerprint density at radius 2 is 0.937 bits per heavy atom. The molecule has 0 saturated carbocycles. The Labute approximate surface area is 370 Å². The fraction of sp³-hybridized carbons (Fsp3) is 0.795. The number of carboxylic acids is 1. The molecule has 6 fully saturated rings. The zero-order valence-corrected chi connectivity index (χ0v) is 37.6. The van der Waals surface area contributed by atoms with Gasteiger partial charge in [-0.05, 0) is 95.3 Å². The second kappa shape index (κ2) is 20.8. The van der Waals surface area contributed by atoms with Crippen molar-refractivity contribution in [3.63, 3.8) is 0 Å². The molecule has 6 rings (SSSR count). The third-order valence-corrected chi connectivity index (χ3v) is 14.3. The monoisotopic (exact) mass is 885 g/mol. The Hall–Kier alpha value is -4.81. The van der Waals surface area contributed by atoms with Gasteiger partial charge in [0.2, 0.25) is 41.4 Å². The number of aliphatic carboxylic acids is 1. The molecule has 0 aliphatic carbocycles. The fourth-order valence-electron chi connectivity index (χ4n) is 10.8. The molecule has 19 heteroatoms. The summed E-state index contributed by atoms with van der Waals surface area (Å²) in [4.78, 5) is 132. The van der Waals surface area contributed by atoms with Crippen molar-refractivity contribution in [2.75, 3.05) is 45.8 Å². The van der Waals surface area contributed by atoms with Crippen molar-refractivity contribution in [2.45, 2.75) is 166 Å². The van der Waals surface area contributed by atoms with Crippen molar-refractivity contribution in [3.05, 3.63) is 0 Å². The maximum absolute atomic E-state index is 14.6. The highest BCUT2D eigenvalue weighted by molar-refractivity contribution is 5.99. The molecular formula is C44H70N9O10+. The van der Waals surface area contributed by atoms with E-state index < -0.39 is 72.0 Å². The number of nitrogens with one attached hydrogen (secondary N) is 2. The first kappa shape index (κ1) is 47.7. The van der Waals surface area contributed by atoms with Gasteiger partial charge in [0.05, 0.1) is 0 Å². The molecular weight excluding hydrogens is 815 g/mol. The van der Waals surface area contributed by atoms with E-state index in [9.17, 15) is 48.3 Å². The normalized spacial score (nSPS) is 27.5. The molecule has 0 aromatic heterocycles. The lowest BCUT2D eigenvalue weighted by molar-refractivity contribution is -0.357. The number of quaternary nitrogens is 1. The van der Waals surface area contributed by atoms with Gasteiger partial charge in [-0.15, -0.1) is 0 Å². The van der Waals surface area contributed by atoms with E-state index in [1.54, 1.807) is 9.80 Å². The molecule has 0 unspecified atom stereocenters. The summed E-state index contributed by atoms with van der Waals surface area (Å²) in [5.41, 5.74) is 3.68. The van der Waals surface area contributed by atoms with E-state index >= 15 is 0 Å². The van der Waals surface area contributed by atoms with Crippen LogP contribution in [0.3, 0.4) is 0 Å². The summed E-state index contributed by atoms with van der Waals surface area (Å²) in [6, 6.07) is -6.87. The molecule has 0 bridgehead atoms. The van der Waals surface area contributed by atoms with Gasteiger partial charge in [-0.3, -0.25) is 38.4 Å². The zero-order chi connectivity index (χ0) is 45.7. The number of carboxylic acid groups (broad SMARTS) is 1. The fourth-order valence-corrected chi connectivity index (χ4v) is 10.8. The van der Waals surface area contributed by atoms with Crippen LogP contribution in [0.2, 0.25) is 0 Å². The van der Waals surface area contributed by atoms with Crippen molar-refractivity contribution in [3.8, 4) is 0 Å². The summed E-state index contributed by atoms with van der Waals surface area (Å²) in [6.45, 7) is 9.71. The van der Waals surface area contributed by atoms with Crippen LogP contribution in [0, 0.1) is 11.8 Å². The van der Waals surface area contributed by atoms with Gasteiger partial charge in [-0.2, -0.15) is 0 Å². The number of likely N-dealkylation sites (tertiary alicyclic amines) is 6. The van der Waals surface area contributed by atoms with Crippen molar-refractivity contribution >= 4 is 53.2 Å². The molecule has 0 radical (unpaired) electrons. The highest BCUT2D eigenvalue weighted by Crippen LogP contribution is 2.31. The number of carbonyl (C=O) groups is 9. The molecule has 19 nitrogen and oxygen atoms in total. The Morgan fingerprint density at radius 3 is 1.38 bits per heavy atom. The van der Waals surface area contributed by atoms with Gasteiger partial charge in [0, 0.05) is 39.3 Å². The SMILES string of the molecule is CC[C@H](C)[C@H](NC(=O)[C@H](CC(C)C)NC(=O)[C@@H]1CCCN1C(=O)[C@@H]1CCCN1C(=O)C[NH3+])C(=O)N1CCC[C@H]1C(=O)N1CCC[C@H]1C(=O)N1CCC[C@H]1C(=O)N1CCC[C@H]1C(=O)O. The molecule has 6 heterocycles. The van der Waals surface area contributed by atoms with E-state index in [4.69, 9.17) is 0 Å². The van der Waals surface area contributed by atoms with Crippen LogP contribution >= 0.6 is 0 Å². The summed E-state index contributed by atoms with van der Waals surface area (Å²) in [5, 5.41) is 15.6. The highest BCUT2D eigenvalue weighted by Gasteiger charge is 2.49. The predicted molar refractivity (Wildman–Crippen MR) is 227 cm³/mol. The van der Waals surface area contributed by atoms with Gasteiger partial charge in [0.15, 0.2) is 6.54 Å². The lowest BCUT2D eigenvalue weighted by Crippen LogP contribution is -2.61. The summed E-state index contributed by atoms with van der Waals surface area (Å²) < 4.78 is 0. The Balaban J connectivity index is 1.12. The molecule has 0 aromatic carbocycles. The van der Waals surface area contributed by atoms with Gasteiger partial charge >= 0.3 is 5.97 Å². The molecule has 350 valence electrons. The smallest absolute Gasteiger partial charge is 0.326 e. The predicted octanol–water partition coefficient (Wildman–Crippen LogP) is -0.679. The molecule has 8 amide bonds. The first-order chi connectivity index (χ1) is 30.1. The number of hydrogen-bond donors (Lipinski definition) is 4. The Bertz CT molecular complexity index is 1780.